The Morgan fingerprint density at radius 3 is 2.54 bits per heavy atom. The van der Waals surface area contributed by atoms with Crippen LogP contribution in [0.1, 0.15) is 12.2 Å². The number of H-pyrrole nitrogens is 1. The fourth-order valence-corrected chi connectivity index (χ4v) is 3.74. The van der Waals surface area contributed by atoms with Gasteiger partial charge in [-0.3, -0.25) is 9.59 Å². The van der Waals surface area contributed by atoms with Gasteiger partial charge in [0.1, 0.15) is 5.82 Å². The summed E-state index contributed by atoms with van der Waals surface area (Å²) in [6.45, 7) is 0.0897. The molecule has 0 bridgehead atoms. The number of nitrogens with zero attached hydrogens (tertiary/aromatic N) is 2. The number of nitrogens with one attached hydrogen (secondary N) is 2. The molecule has 1 heterocycles. The smallest absolute Gasteiger partial charge is 0.258 e. The maximum Gasteiger partial charge on any atom is 0.258 e. The van der Waals surface area contributed by atoms with E-state index in [1.807, 2.05) is 0 Å². The first kappa shape index (κ1) is 19.7. The first-order chi connectivity index (χ1) is 13.4. The maximum atomic E-state index is 12.3. The van der Waals surface area contributed by atoms with E-state index in [0.717, 1.165) is 0 Å². The number of benzene rings is 2. The van der Waals surface area contributed by atoms with Gasteiger partial charge in [-0.2, -0.15) is 0 Å². The lowest BCUT2D eigenvalue weighted by Crippen LogP contribution is -2.32. The van der Waals surface area contributed by atoms with Crippen LogP contribution in [0.15, 0.2) is 64.3 Å². The third-order valence-corrected chi connectivity index (χ3v) is 5.64. The fourth-order valence-electron chi connectivity index (χ4n) is 2.69. The number of fused-ring (bicyclic) bond motifs is 1. The van der Waals surface area contributed by atoms with Crippen molar-refractivity contribution in [1.29, 1.82) is 0 Å². The average molecular weight is 400 g/mol. The molecule has 0 spiro atoms. The Kier molecular flexibility index (Phi) is 5.86. The molecule has 2 N–H and O–H groups in total. The fraction of sp³-hybridized carbons (Fsp3) is 0.211. The van der Waals surface area contributed by atoms with Crippen LogP contribution < -0.4 is 10.3 Å². The van der Waals surface area contributed by atoms with Gasteiger partial charge in [-0.1, -0.05) is 30.3 Å². The zero-order valence-electron chi connectivity index (χ0n) is 15.3. The molecular weight excluding hydrogens is 380 g/mol. The van der Waals surface area contributed by atoms with Crippen LogP contribution in [0.5, 0.6) is 0 Å². The lowest BCUT2D eigenvalue weighted by atomic mass is 10.2. The van der Waals surface area contributed by atoms with Crippen LogP contribution in [0.2, 0.25) is 0 Å². The van der Waals surface area contributed by atoms with Gasteiger partial charge in [0.25, 0.3) is 5.56 Å². The zero-order chi connectivity index (χ0) is 20.1. The summed E-state index contributed by atoms with van der Waals surface area (Å²) in [6, 6.07) is 14.9. The number of sulfonamides is 1. The molecule has 0 fully saturated rings. The molecule has 0 unspecified atom stereocenters. The number of amides is 1. The van der Waals surface area contributed by atoms with Gasteiger partial charge < -0.3 is 9.88 Å². The van der Waals surface area contributed by atoms with E-state index in [4.69, 9.17) is 0 Å². The van der Waals surface area contributed by atoms with E-state index in [2.05, 4.69) is 14.7 Å². The van der Waals surface area contributed by atoms with Crippen molar-refractivity contribution in [1.82, 2.24) is 19.6 Å². The zero-order valence-corrected chi connectivity index (χ0v) is 16.1. The molecule has 1 amide bonds. The third-order valence-electron chi connectivity index (χ3n) is 4.16. The largest absolute Gasteiger partial charge is 0.338 e. The summed E-state index contributed by atoms with van der Waals surface area (Å²) < 4.78 is 26.7. The summed E-state index contributed by atoms with van der Waals surface area (Å²) in [7, 11) is -2.08. The minimum atomic E-state index is -3.65. The van der Waals surface area contributed by atoms with E-state index in [9.17, 15) is 18.0 Å². The number of aromatic amines is 1. The quantitative estimate of drug-likeness (QED) is 0.620. The summed E-state index contributed by atoms with van der Waals surface area (Å²) in [6.07, 6.45) is -0.0135. The van der Waals surface area contributed by atoms with Crippen molar-refractivity contribution in [3.8, 4) is 0 Å². The molecule has 3 aromatic rings. The topological polar surface area (TPSA) is 112 Å². The van der Waals surface area contributed by atoms with Crippen LogP contribution in [-0.4, -0.2) is 42.8 Å². The molecule has 3 rings (SSSR count). The van der Waals surface area contributed by atoms with Crippen LogP contribution in [0.4, 0.5) is 0 Å². The molecule has 0 saturated carbocycles. The highest BCUT2D eigenvalue weighted by Gasteiger charge is 2.16. The van der Waals surface area contributed by atoms with Crippen LogP contribution in [0.25, 0.3) is 10.9 Å². The summed E-state index contributed by atoms with van der Waals surface area (Å²) in [4.78, 5) is 32.9. The second-order valence-electron chi connectivity index (χ2n) is 6.24. The van der Waals surface area contributed by atoms with Gasteiger partial charge in [0.05, 0.1) is 22.3 Å². The van der Waals surface area contributed by atoms with Gasteiger partial charge in [0.15, 0.2) is 0 Å². The normalized spacial score (nSPS) is 11.5. The van der Waals surface area contributed by atoms with E-state index in [1.165, 1.54) is 17.0 Å². The van der Waals surface area contributed by atoms with Crippen molar-refractivity contribution >= 4 is 26.8 Å². The Labute approximate surface area is 162 Å². The Balaban J connectivity index is 1.59. The maximum absolute atomic E-state index is 12.3. The number of aromatic nitrogens is 2. The van der Waals surface area contributed by atoms with E-state index in [1.54, 1.807) is 49.5 Å². The first-order valence-electron chi connectivity index (χ1n) is 8.63. The SMILES string of the molecule is CN(Cc1nc2ccccc2c(=O)[nH]1)C(=O)CCNS(=O)(=O)c1ccccc1. The van der Waals surface area contributed by atoms with Crippen molar-refractivity contribution in [2.45, 2.75) is 17.9 Å². The second kappa shape index (κ2) is 8.32. The Morgan fingerprint density at radius 2 is 1.79 bits per heavy atom. The van der Waals surface area contributed by atoms with E-state index in [0.29, 0.717) is 16.7 Å². The van der Waals surface area contributed by atoms with E-state index < -0.39 is 10.0 Å². The molecule has 0 aliphatic rings. The van der Waals surface area contributed by atoms with Crippen molar-refractivity contribution in [3.63, 3.8) is 0 Å². The molecule has 0 radical (unpaired) electrons. The molecule has 0 saturated heterocycles. The Bertz CT molecular complexity index is 1140. The van der Waals surface area contributed by atoms with Crippen LogP contribution in [0.3, 0.4) is 0 Å². The highest BCUT2D eigenvalue weighted by Crippen LogP contribution is 2.08. The van der Waals surface area contributed by atoms with Gasteiger partial charge in [-0.25, -0.2) is 18.1 Å². The van der Waals surface area contributed by atoms with Gasteiger partial charge >= 0.3 is 0 Å². The number of hydrogen-bond acceptors (Lipinski definition) is 5. The minimum Gasteiger partial charge on any atom is -0.338 e. The average Bonchev–Trinajstić information content (AvgIpc) is 2.68. The van der Waals surface area contributed by atoms with Crippen molar-refractivity contribution in [3.05, 3.63) is 70.8 Å². The molecule has 0 aliphatic carbocycles. The number of para-hydroxylation sites is 1. The van der Waals surface area contributed by atoms with Gasteiger partial charge in [0.2, 0.25) is 15.9 Å². The van der Waals surface area contributed by atoms with Crippen molar-refractivity contribution in [2.75, 3.05) is 13.6 Å². The van der Waals surface area contributed by atoms with Gasteiger partial charge in [0, 0.05) is 20.0 Å². The second-order valence-corrected chi connectivity index (χ2v) is 8.01. The number of hydrogen-bond donors (Lipinski definition) is 2. The summed E-state index contributed by atoms with van der Waals surface area (Å²) in [5.41, 5.74) is 0.287. The third kappa shape index (κ3) is 4.62. The number of carbonyl (C=O) groups is 1. The monoisotopic (exact) mass is 400 g/mol. The van der Waals surface area contributed by atoms with Crippen LogP contribution in [-0.2, 0) is 21.4 Å². The lowest BCUT2D eigenvalue weighted by Gasteiger charge is -2.17. The molecule has 8 nitrogen and oxygen atoms in total. The molecule has 0 aliphatic heterocycles. The standard InChI is InChI=1S/C19H20N4O4S/c1-23(13-17-21-16-10-6-5-9-15(16)19(25)22-17)18(24)11-12-20-28(26,27)14-7-3-2-4-8-14/h2-10,20H,11-13H2,1H3,(H,21,22,25). The molecule has 2 aromatic carbocycles. The summed E-state index contributed by atoms with van der Waals surface area (Å²) in [5, 5.41) is 0.482. The molecule has 28 heavy (non-hydrogen) atoms. The Hall–Kier alpha value is -3.04. The Morgan fingerprint density at radius 1 is 1.11 bits per heavy atom. The van der Waals surface area contributed by atoms with Crippen LogP contribution in [0, 0.1) is 0 Å². The van der Waals surface area contributed by atoms with E-state index >= 15 is 0 Å². The lowest BCUT2D eigenvalue weighted by molar-refractivity contribution is -0.130. The molecular formula is C19H20N4O4S. The molecule has 146 valence electrons. The van der Waals surface area contributed by atoms with Crippen molar-refractivity contribution in [2.24, 2.45) is 0 Å². The molecule has 9 heteroatoms. The van der Waals surface area contributed by atoms with Gasteiger partial charge in [-0.05, 0) is 24.3 Å². The molecule has 0 atom stereocenters. The predicted molar refractivity (Wildman–Crippen MR) is 105 cm³/mol. The number of rotatable bonds is 7. The molecule has 1 aromatic heterocycles. The highest BCUT2D eigenvalue weighted by atomic mass is 32.2. The van der Waals surface area contributed by atoms with Crippen LogP contribution >= 0.6 is 0 Å². The summed E-state index contributed by atoms with van der Waals surface area (Å²) in [5.74, 6) is 0.0935. The highest BCUT2D eigenvalue weighted by molar-refractivity contribution is 7.89. The minimum absolute atomic E-state index is 0.0135. The first-order valence-corrected chi connectivity index (χ1v) is 10.1. The van der Waals surface area contributed by atoms with E-state index in [-0.39, 0.29) is 35.9 Å². The number of carbonyl (C=O) groups excluding carboxylic acids is 1. The predicted octanol–water partition coefficient (Wildman–Crippen LogP) is 1.25. The summed E-state index contributed by atoms with van der Waals surface area (Å²) >= 11 is 0. The van der Waals surface area contributed by atoms with Gasteiger partial charge in [-0.15, -0.1) is 0 Å². The van der Waals surface area contributed by atoms with Crippen molar-refractivity contribution < 1.29 is 13.2 Å².